The highest BCUT2D eigenvalue weighted by Crippen LogP contribution is 2.27. The Hall–Kier alpha value is -3.63. The number of amides is 2. The van der Waals surface area contributed by atoms with E-state index in [1.54, 1.807) is 55.5 Å². The third kappa shape index (κ3) is 7.80. The van der Waals surface area contributed by atoms with Crippen LogP contribution in [0, 0.1) is 5.82 Å². The number of carbonyl (C=O) groups is 2. The van der Waals surface area contributed by atoms with Crippen molar-refractivity contribution in [1.29, 1.82) is 0 Å². The summed E-state index contributed by atoms with van der Waals surface area (Å²) in [7, 11) is -4.31. The standard InChI is InChI=1S/C31H35ClFN3O5S/c1-3-41-28-16-14-27(15-17-28)36(42(39,40)29-18-12-25(33)13-19-29)21-30(37)35(20-23-8-10-24(32)11-9-23)22(2)31(38)34-26-6-4-5-7-26/h8-19,22,26H,3-7,20-21H2,1-2H3,(H,34,38). The van der Waals surface area contributed by atoms with E-state index in [2.05, 4.69) is 5.32 Å². The Bertz CT molecular complexity index is 1460. The van der Waals surface area contributed by atoms with Gasteiger partial charge >= 0.3 is 0 Å². The SMILES string of the molecule is CCOc1ccc(N(CC(=O)N(Cc2ccc(Cl)cc2)C(C)C(=O)NC2CCCC2)S(=O)(=O)c2ccc(F)cc2)cc1. The number of hydrogen-bond donors (Lipinski definition) is 1. The first kappa shape index (κ1) is 31.3. The van der Waals surface area contributed by atoms with Gasteiger partial charge in [0.05, 0.1) is 17.2 Å². The molecule has 1 N–H and O–H groups in total. The first-order valence-electron chi connectivity index (χ1n) is 13.9. The zero-order valence-corrected chi connectivity index (χ0v) is 25.2. The number of sulfonamides is 1. The summed E-state index contributed by atoms with van der Waals surface area (Å²) in [5.74, 6) is -0.945. The summed E-state index contributed by atoms with van der Waals surface area (Å²) in [4.78, 5) is 28.5. The molecule has 1 saturated carbocycles. The van der Waals surface area contributed by atoms with Crippen molar-refractivity contribution >= 4 is 39.1 Å². The molecule has 0 saturated heterocycles. The van der Waals surface area contributed by atoms with Gasteiger partial charge in [-0.15, -0.1) is 0 Å². The number of nitrogens with one attached hydrogen (secondary N) is 1. The Morgan fingerprint density at radius 2 is 1.62 bits per heavy atom. The van der Waals surface area contributed by atoms with E-state index in [1.165, 1.54) is 4.90 Å². The lowest BCUT2D eigenvalue weighted by molar-refractivity contribution is -0.139. The molecule has 3 aromatic carbocycles. The molecular weight excluding hydrogens is 581 g/mol. The Balaban J connectivity index is 1.68. The van der Waals surface area contributed by atoms with E-state index in [1.807, 2.05) is 6.92 Å². The van der Waals surface area contributed by atoms with Crippen molar-refractivity contribution < 1.29 is 27.1 Å². The van der Waals surface area contributed by atoms with E-state index < -0.39 is 34.3 Å². The van der Waals surface area contributed by atoms with Gasteiger partial charge in [0.15, 0.2) is 0 Å². The number of anilines is 1. The molecule has 1 fully saturated rings. The molecule has 0 aromatic heterocycles. The lowest BCUT2D eigenvalue weighted by atomic mass is 10.1. The summed E-state index contributed by atoms with van der Waals surface area (Å²) in [6.45, 7) is 3.35. The van der Waals surface area contributed by atoms with Gasteiger partial charge in [-0.2, -0.15) is 0 Å². The molecule has 0 bridgehead atoms. The molecule has 4 rings (SSSR count). The molecule has 8 nitrogen and oxygen atoms in total. The zero-order valence-electron chi connectivity index (χ0n) is 23.6. The predicted octanol–water partition coefficient (Wildman–Crippen LogP) is 5.55. The average molecular weight is 616 g/mol. The normalized spacial score (nSPS) is 14.3. The fraction of sp³-hybridized carbons (Fsp3) is 0.355. The molecule has 0 radical (unpaired) electrons. The highest BCUT2D eigenvalue weighted by atomic mass is 35.5. The van der Waals surface area contributed by atoms with Gasteiger partial charge in [-0.3, -0.25) is 13.9 Å². The summed E-state index contributed by atoms with van der Waals surface area (Å²) in [5.41, 5.74) is 0.938. The first-order valence-corrected chi connectivity index (χ1v) is 15.8. The Morgan fingerprint density at radius 3 is 2.21 bits per heavy atom. The second kappa shape index (κ2) is 14.0. The van der Waals surface area contributed by atoms with Gasteiger partial charge in [-0.05, 0) is 92.9 Å². The highest BCUT2D eigenvalue weighted by Gasteiger charge is 2.33. The van der Waals surface area contributed by atoms with Crippen LogP contribution in [0.1, 0.15) is 45.1 Å². The third-order valence-electron chi connectivity index (χ3n) is 7.25. The third-order valence-corrected chi connectivity index (χ3v) is 9.29. The van der Waals surface area contributed by atoms with Crippen LogP contribution in [0.3, 0.4) is 0 Å². The van der Waals surface area contributed by atoms with Crippen LogP contribution in [0.4, 0.5) is 10.1 Å². The molecule has 0 aliphatic heterocycles. The molecule has 1 aliphatic rings. The Labute approximate surface area is 251 Å². The minimum atomic E-state index is -4.31. The summed E-state index contributed by atoms with van der Waals surface area (Å²) in [6.07, 6.45) is 3.83. The van der Waals surface area contributed by atoms with Crippen molar-refractivity contribution in [2.24, 2.45) is 0 Å². The molecule has 1 aliphatic carbocycles. The zero-order chi connectivity index (χ0) is 30.3. The van der Waals surface area contributed by atoms with Crippen molar-refractivity contribution in [3.8, 4) is 5.75 Å². The van der Waals surface area contributed by atoms with Crippen molar-refractivity contribution in [1.82, 2.24) is 10.2 Å². The van der Waals surface area contributed by atoms with Gasteiger partial charge in [-0.1, -0.05) is 36.6 Å². The summed E-state index contributed by atoms with van der Waals surface area (Å²) >= 11 is 6.05. The molecule has 0 heterocycles. The van der Waals surface area contributed by atoms with Crippen molar-refractivity contribution in [2.75, 3.05) is 17.5 Å². The molecule has 2 amide bonds. The number of benzene rings is 3. The molecule has 0 spiro atoms. The maximum atomic E-state index is 14.0. The number of ether oxygens (including phenoxy) is 1. The minimum Gasteiger partial charge on any atom is -0.494 e. The van der Waals surface area contributed by atoms with E-state index in [-0.39, 0.29) is 29.1 Å². The van der Waals surface area contributed by atoms with Crippen LogP contribution in [-0.2, 0) is 26.2 Å². The van der Waals surface area contributed by atoms with E-state index >= 15 is 0 Å². The largest absolute Gasteiger partial charge is 0.494 e. The summed E-state index contributed by atoms with van der Waals surface area (Å²) < 4.78 is 47.8. The van der Waals surface area contributed by atoms with Gasteiger partial charge in [0.25, 0.3) is 10.0 Å². The van der Waals surface area contributed by atoms with E-state index in [4.69, 9.17) is 16.3 Å². The van der Waals surface area contributed by atoms with Crippen LogP contribution < -0.4 is 14.4 Å². The number of rotatable bonds is 12. The molecule has 42 heavy (non-hydrogen) atoms. The maximum absolute atomic E-state index is 14.0. The van der Waals surface area contributed by atoms with Crippen LogP contribution in [0.25, 0.3) is 0 Å². The lowest BCUT2D eigenvalue weighted by Gasteiger charge is -2.32. The van der Waals surface area contributed by atoms with Crippen LogP contribution in [0.5, 0.6) is 5.75 Å². The number of nitrogens with zero attached hydrogens (tertiary/aromatic N) is 2. The molecular formula is C31H35ClFN3O5S. The monoisotopic (exact) mass is 615 g/mol. The molecule has 224 valence electrons. The smallest absolute Gasteiger partial charge is 0.264 e. The Kier molecular flexibility index (Phi) is 10.5. The van der Waals surface area contributed by atoms with Crippen molar-refractivity contribution in [3.63, 3.8) is 0 Å². The van der Waals surface area contributed by atoms with Crippen molar-refractivity contribution in [2.45, 2.75) is 63.1 Å². The highest BCUT2D eigenvalue weighted by molar-refractivity contribution is 7.92. The fourth-order valence-electron chi connectivity index (χ4n) is 4.90. The Morgan fingerprint density at radius 1 is 1.00 bits per heavy atom. The van der Waals surface area contributed by atoms with Crippen LogP contribution in [0.15, 0.2) is 77.7 Å². The van der Waals surface area contributed by atoms with Crippen LogP contribution in [0.2, 0.25) is 5.02 Å². The van der Waals surface area contributed by atoms with Crippen LogP contribution >= 0.6 is 11.6 Å². The summed E-state index contributed by atoms with van der Waals surface area (Å²) in [6, 6.07) is 16.8. The number of halogens is 2. The molecule has 11 heteroatoms. The number of carbonyl (C=O) groups excluding carboxylic acids is 2. The van der Waals surface area contributed by atoms with Gasteiger partial charge in [0, 0.05) is 17.6 Å². The fourth-order valence-corrected chi connectivity index (χ4v) is 6.44. The first-order chi connectivity index (χ1) is 20.1. The van der Waals surface area contributed by atoms with E-state index in [9.17, 15) is 22.4 Å². The average Bonchev–Trinajstić information content (AvgIpc) is 3.49. The van der Waals surface area contributed by atoms with Gasteiger partial charge in [0.2, 0.25) is 11.8 Å². The van der Waals surface area contributed by atoms with Gasteiger partial charge < -0.3 is 15.0 Å². The van der Waals surface area contributed by atoms with Gasteiger partial charge in [-0.25, -0.2) is 12.8 Å². The maximum Gasteiger partial charge on any atom is 0.264 e. The van der Waals surface area contributed by atoms with Crippen molar-refractivity contribution in [3.05, 3.63) is 89.2 Å². The molecule has 1 unspecified atom stereocenters. The second-order valence-electron chi connectivity index (χ2n) is 10.2. The molecule has 1 atom stereocenters. The minimum absolute atomic E-state index is 0.0478. The number of hydrogen-bond acceptors (Lipinski definition) is 5. The van der Waals surface area contributed by atoms with Crippen LogP contribution in [-0.4, -0.2) is 50.4 Å². The van der Waals surface area contributed by atoms with Gasteiger partial charge in [0.1, 0.15) is 24.2 Å². The van der Waals surface area contributed by atoms with E-state index in [0.717, 1.165) is 59.8 Å². The molecule has 3 aromatic rings. The van der Waals surface area contributed by atoms with E-state index in [0.29, 0.717) is 17.4 Å². The topological polar surface area (TPSA) is 96.0 Å². The predicted molar refractivity (Wildman–Crippen MR) is 160 cm³/mol. The second-order valence-corrected chi connectivity index (χ2v) is 12.5. The lowest BCUT2D eigenvalue weighted by Crippen LogP contribution is -2.52. The quantitative estimate of drug-likeness (QED) is 0.288. The summed E-state index contributed by atoms with van der Waals surface area (Å²) in [5, 5.41) is 3.56.